The van der Waals surface area contributed by atoms with Crippen LogP contribution >= 0.6 is 0 Å². The van der Waals surface area contributed by atoms with Crippen molar-refractivity contribution in [3.63, 3.8) is 0 Å². The Bertz CT molecular complexity index is 514. The molecule has 1 aromatic carbocycles. The first kappa shape index (κ1) is 11.8. The molecule has 2 aromatic rings. The molecule has 0 saturated carbocycles. The minimum absolute atomic E-state index is 0.425. The van der Waals surface area contributed by atoms with Crippen LogP contribution < -0.4 is 4.74 Å². The molecule has 0 spiro atoms. The molecule has 88 valence electrons. The van der Waals surface area contributed by atoms with E-state index in [1.54, 1.807) is 19.4 Å². The smallest absolute Gasteiger partial charge is 0.120 e. The molecule has 0 radical (unpaired) electrons. The van der Waals surface area contributed by atoms with Gasteiger partial charge in [0.2, 0.25) is 0 Å². The largest absolute Gasteiger partial charge is 0.497 e. The van der Waals surface area contributed by atoms with Gasteiger partial charge in [-0.3, -0.25) is 9.19 Å². The number of rotatable bonds is 4. The predicted molar refractivity (Wildman–Crippen MR) is 67.3 cm³/mol. The van der Waals surface area contributed by atoms with Crippen molar-refractivity contribution in [1.82, 2.24) is 4.98 Å². The second kappa shape index (κ2) is 5.59. The van der Waals surface area contributed by atoms with Crippen LogP contribution in [-0.2, 0) is 16.6 Å². The van der Waals surface area contributed by atoms with E-state index in [0.29, 0.717) is 5.75 Å². The Labute approximate surface area is 103 Å². The van der Waals surface area contributed by atoms with E-state index < -0.39 is 10.8 Å². The molecule has 1 atom stereocenters. The van der Waals surface area contributed by atoms with Crippen LogP contribution in [0.25, 0.3) is 0 Å². The van der Waals surface area contributed by atoms with Crippen molar-refractivity contribution >= 4 is 10.8 Å². The lowest BCUT2D eigenvalue weighted by molar-refractivity contribution is 0.413. The van der Waals surface area contributed by atoms with Gasteiger partial charge in [0.15, 0.2) is 0 Å². The highest BCUT2D eigenvalue weighted by molar-refractivity contribution is 7.84. The summed E-state index contributed by atoms with van der Waals surface area (Å²) in [7, 11) is 0.509. The topological polar surface area (TPSA) is 39.2 Å². The monoisotopic (exact) mass is 247 g/mol. The van der Waals surface area contributed by atoms with E-state index in [0.717, 1.165) is 16.3 Å². The van der Waals surface area contributed by atoms with Gasteiger partial charge in [-0.05, 0) is 30.3 Å². The average molecular weight is 247 g/mol. The highest BCUT2D eigenvalue weighted by Gasteiger charge is 2.06. The van der Waals surface area contributed by atoms with E-state index in [1.807, 2.05) is 36.4 Å². The summed E-state index contributed by atoms with van der Waals surface area (Å²) in [5, 5.41) is 0. The number of hydrogen-bond donors (Lipinski definition) is 0. The summed E-state index contributed by atoms with van der Waals surface area (Å²) >= 11 is 0. The molecule has 0 saturated heterocycles. The molecule has 0 aliphatic heterocycles. The summed E-state index contributed by atoms with van der Waals surface area (Å²) in [6, 6.07) is 12.9. The van der Waals surface area contributed by atoms with Crippen LogP contribution in [0.3, 0.4) is 0 Å². The molecule has 0 bridgehead atoms. The van der Waals surface area contributed by atoms with Gasteiger partial charge in [-0.1, -0.05) is 12.1 Å². The van der Waals surface area contributed by atoms with Crippen LogP contribution in [0.5, 0.6) is 5.75 Å². The van der Waals surface area contributed by atoms with Crippen LogP contribution in [0.2, 0.25) is 0 Å². The maximum Gasteiger partial charge on any atom is 0.120 e. The zero-order valence-corrected chi connectivity index (χ0v) is 10.3. The number of benzene rings is 1. The molecule has 2 rings (SSSR count). The van der Waals surface area contributed by atoms with Crippen LogP contribution in [-0.4, -0.2) is 16.3 Å². The molecule has 4 heteroatoms. The van der Waals surface area contributed by atoms with Crippen molar-refractivity contribution in [2.45, 2.75) is 10.6 Å². The number of aromatic nitrogens is 1. The standard InChI is InChI=1S/C13H13NO2S/c1-16-12-6-4-7-13(9-12)17(15)10-11-5-2-3-8-14-11/h2-9H,10H2,1H3. The van der Waals surface area contributed by atoms with Crippen molar-refractivity contribution in [3.8, 4) is 5.75 Å². The van der Waals surface area contributed by atoms with Crippen molar-refractivity contribution in [3.05, 3.63) is 54.4 Å². The van der Waals surface area contributed by atoms with Crippen molar-refractivity contribution in [2.24, 2.45) is 0 Å². The lowest BCUT2D eigenvalue weighted by Gasteiger charge is -2.04. The minimum atomic E-state index is -1.09. The van der Waals surface area contributed by atoms with Gasteiger partial charge in [-0.2, -0.15) is 0 Å². The zero-order chi connectivity index (χ0) is 12.1. The molecule has 1 aromatic heterocycles. The fourth-order valence-electron chi connectivity index (χ4n) is 1.44. The van der Waals surface area contributed by atoms with Crippen molar-refractivity contribution < 1.29 is 8.95 Å². The Hall–Kier alpha value is -1.68. The first-order valence-electron chi connectivity index (χ1n) is 5.22. The molecule has 1 unspecified atom stereocenters. The quantitative estimate of drug-likeness (QED) is 0.832. The third kappa shape index (κ3) is 3.14. The minimum Gasteiger partial charge on any atom is -0.497 e. The van der Waals surface area contributed by atoms with Gasteiger partial charge >= 0.3 is 0 Å². The Kier molecular flexibility index (Phi) is 3.88. The Morgan fingerprint density at radius 2 is 2.12 bits per heavy atom. The Balaban J connectivity index is 2.14. The van der Waals surface area contributed by atoms with Gasteiger partial charge in [-0.25, -0.2) is 0 Å². The summed E-state index contributed by atoms with van der Waals surface area (Å²) in [5.41, 5.74) is 0.827. The zero-order valence-electron chi connectivity index (χ0n) is 9.50. The van der Waals surface area contributed by atoms with Gasteiger partial charge in [0.25, 0.3) is 0 Å². The third-order valence-corrected chi connectivity index (χ3v) is 3.65. The molecule has 17 heavy (non-hydrogen) atoms. The van der Waals surface area contributed by atoms with Crippen LogP contribution in [0.4, 0.5) is 0 Å². The Morgan fingerprint density at radius 1 is 1.24 bits per heavy atom. The van der Waals surface area contributed by atoms with Crippen LogP contribution in [0.15, 0.2) is 53.6 Å². The van der Waals surface area contributed by atoms with E-state index in [1.165, 1.54) is 0 Å². The average Bonchev–Trinajstić information content (AvgIpc) is 2.40. The lowest BCUT2D eigenvalue weighted by Crippen LogP contribution is -1.98. The van der Waals surface area contributed by atoms with E-state index >= 15 is 0 Å². The molecule has 0 fully saturated rings. The van der Waals surface area contributed by atoms with Gasteiger partial charge in [0, 0.05) is 11.1 Å². The summed E-state index contributed by atoms with van der Waals surface area (Å²) in [5.74, 6) is 1.14. The van der Waals surface area contributed by atoms with Gasteiger partial charge < -0.3 is 4.74 Å². The fourth-order valence-corrected chi connectivity index (χ4v) is 2.53. The predicted octanol–water partition coefficient (Wildman–Crippen LogP) is 2.40. The molecular weight excluding hydrogens is 234 g/mol. The Morgan fingerprint density at radius 3 is 2.82 bits per heavy atom. The number of methoxy groups -OCH3 is 1. The maximum atomic E-state index is 12.1. The second-order valence-electron chi connectivity index (χ2n) is 3.49. The van der Waals surface area contributed by atoms with Crippen LogP contribution in [0, 0.1) is 0 Å². The summed E-state index contributed by atoms with van der Waals surface area (Å²) in [4.78, 5) is 4.92. The van der Waals surface area contributed by atoms with Gasteiger partial charge in [0.05, 0.1) is 29.4 Å². The number of nitrogens with zero attached hydrogens (tertiary/aromatic N) is 1. The van der Waals surface area contributed by atoms with E-state index in [4.69, 9.17) is 4.74 Å². The van der Waals surface area contributed by atoms with E-state index in [-0.39, 0.29) is 0 Å². The van der Waals surface area contributed by atoms with Crippen LogP contribution in [0.1, 0.15) is 5.69 Å². The second-order valence-corrected chi connectivity index (χ2v) is 4.94. The van der Waals surface area contributed by atoms with Crippen molar-refractivity contribution in [1.29, 1.82) is 0 Å². The summed E-state index contributed by atoms with van der Waals surface area (Å²) in [6.45, 7) is 0. The number of ether oxygens (including phenoxy) is 1. The number of pyridine rings is 1. The summed E-state index contributed by atoms with van der Waals surface area (Å²) in [6.07, 6.45) is 1.71. The molecule has 0 amide bonds. The molecule has 3 nitrogen and oxygen atoms in total. The molecular formula is C13H13NO2S. The van der Waals surface area contributed by atoms with E-state index in [2.05, 4.69) is 4.98 Å². The third-order valence-electron chi connectivity index (χ3n) is 2.31. The van der Waals surface area contributed by atoms with E-state index in [9.17, 15) is 4.21 Å². The maximum absolute atomic E-state index is 12.1. The lowest BCUT2D eigenvalue weighted by atomic mass is 10.3. The summed E-state index contributed by atoms with van der Waals surface area (Å²) < 4.78 is 17.2. The first-order chi connectivity index (χ1) is 8.29. The fraction of sp³-hybridized carbons (Fsp3) is 0.154. The molecule has 1 heterocycles. The SMILES string of the molecule is COc1cccc(S(=O)Cc2ccccn2)c1. The highest BCUT2D eigenvalue weighted by Crippen LogP contribution is 2.17. The molecule has 0 N–H and O–H groups in total. The normalized spacial score (nSPS) is 12.1. The van der Waals surface area contributed by atoms with Gasteiger partial charge in [-0.15, -0.1) is 0 Å². The molecule has 0 aliphatic carbocycles. The van der Waals surface area contributed by atoms with Gasteiger partial charge in [0.1, 0.15) is 5.75 Å². The van der Waals surface area contributed by atoms with Crippen molar-refractivity contribution in [2.75, 3.05) is 7.11 Å². The molecule has 0 aliphatic rings. The highest BCUT2D eigenvalue weighted by atomic mass is 32.2. The first-order valence-corrected chi connectivity index (χ1v) is 6.54. The number of hydrogen-bond acceptors (Lipinski definition) is 3.